The van der Waals surface area contributed by atoms with E-state index in [-0.39, 0.29) is 0 Å². The fourth-order valence-corrected chi connectivity index (χ4v) is 0.857. The van der Waals surface area contributed by atoms with Crippen molar-refractivity contribution in [2.24, 2.45) is 5.11 Å². The number of pyridine rings is 1. The molecule has 70 valence electrons. The van der Waals surface area contributed by atoms with Gasteiger partial charge in [-0.2, -0.15) is 0 Å². The summed E-state index contributed by atoms with van der Waals surface area (Å²) >= 11 is 0. The van der Waals surface area contributed by atoms with Gasteiger partial charge in [-0.15, -0.1) is 0 Å². The molecule has 0 N–H and O–H groups in total. The van der Waals surface area contributed by atoms with Gasteiger partial charge in [-0.1, -0.05) is 17.0 Å². The lowest BCUT2D eigenvalue weighted by molar-refractivity contribution is 1.01. The van der Waals surface area contributed by atoms with E-state index >= 15 is 0 Å². The third-order valence-corrected chi connectivity index (χ3v) is 1.54. The molecule has 0 atom stereocenters. The number of rotatable bonds is 2. The van der Waals surface area contributed by atoms with Crippen LogP contribution in [-0.2, 0) is 0 Å². The van der Waals surface area contributed by atoms with Gasteiger partial charge in [-0.3, -0.25) is 4.98 Å². The van der Waals surface area contributed by atoms with E-state index < -0.39 is 0 Å². The number of azide groups is 1. The molecule has 4 nitrogen and oxygen atoms in total. The predicted octanol–water partition coefficient (Wildman–Crippen LogP) is 2.44. The summed E-state index contributed by atoms with van der Waals surface area (Å²) in [5, 5.41) is 3.38. The minimum absolute atomic E-state index is 0.419. The molecule has 0 saturated carbocycles. The lowest BCUT2D eigenvalue weighted by Crippen LogP contribution is -1.81. The number of aromatic nitrogens is 1. The number of hydrogen-bond donors (Lipinski definition) is 0. The van der Waals surface area contributed by atoms with Gasteiger partial charge in [0.25, 0.3) is 0 Å². The molecule has 0 radical (unpaired) electrons. The summed E-state index contributed by atoms with van der Waals surface area (Å²) in [6, 6.07) is 3.83. The van der Waals surface area contributed by atoms with Gasteiger partial charge in [0.05, 0.1) is 0 Å². The average Bonchev–Trinajstić information content (AvgIpc) is 2.21. The fraction of sp³-hybridized carbons (Fsp3) is 0.300. The van der Waals surface area contributed by atoms with Crippen LogP contribution in [0.15, 0.2) is 23.4 Å². The largest absolute Gasteiger partial charge is 0.260 e. The lowest BCUT2D eigenvalue weighted by Gasteiger charge is -1.90. The van der Waals surface area contributed by atoms with Crippen molar-refractivity contribution >= 4 is 0 Å². The summed E-state index contributed by atoms with van der Waals surface area (Å²) in [4.78, 5) is 6.75. The number of aryl methyl sites for hydroxylation is 1. The SMILES string of the molecule is Cc1ccc(C#CCCN=[N+]=[N-])cn1. The second kappa shape index (κ2) is 5.63. The Morgan fingerprint density at radius 2 is 2.43 bits per heavy atom. The molecule has 0 spiro atoms. The Morgan fingerprint density at radius 3 is 3.07 bits per heavy atom. The summed E-state index contributed by atoms with van der Waals surface area (Å²) < 4.78 is 0. The lowest BCUT2D eigenvalue weighted by atomic mass is 10.2. The Bertz CT molecular complexity index is 390. The Labute approximate surface area is 82.6 Å². The molecule has 14 heavy (non-hydrogen) atoms. The van der Waals surface area contributed by atoms with Crippen LogP contribution in [0.4, 0.5) is 0 Å². The first-order chi connectivity index (χ1) is 6.83. The summed E-state index contributed by atoms with van der Waals surface area (Å²) in [6.45, 7) is 2.35. The van der Waals surface area contributed by atoms with Gasteiger partial charge in [-0.25, -0.2) is 0 Å². The highest BCUT2D eigenvalue weighted by molar-refractivity contribution is 5.32. The molecule has 4 heteroatoms. The van der Waals surface area contributed by atoms with Gasteiger partial charge in [0.2, 0.25) is 0 Å². The maximum atomic E-state index is 8.01. The van der Waals surface area contributed by atoms with E-state index in [4.69, 9.17) is 5.53 Å². The Hall–Kier alpha value is -1.98. The molecule has 0 unspecified atom stereocenters. The summed E-state index contributed by atoms with van der Waals surface area (Å²) in [6.07, 6.45) is 2.31. The maximum absolute atomic E-state index is 8.01. The van der Waals surface area contributed by atoms with Crippen molar-refractivity contribution in [2.75, 3.05) is 6.54 Å². The third-order valence-electron chi connectivity index (χ3n) is 1.54. The van der Waals surface area contributed by atoms with E-state index in [0.717, 1.165) is 11.3 Å². The zero-order valence-electron chi connectivity index (χ0n) is 7.94. The van der Waals surface area contributed by atoms with E-state index in [1.54, 1.807) is 6.20 Å². The molecule has 0 saturated heterocycles. The molecule has 1 rings (SSSR count). The molecule has 1 heterocycles. The van der Waals surface area contributed by atoms with Gasteiger partial charge in [0.1, 0.15) is 0 Å². The van der Waals surface area contributed by atoms with Crippen molar-refractivity contribution in [1.29, 1.82) is 0 Å². The molecular formula is C10H10N4. The van der Waals surface area contributed by atoms with Crippen LogP contribution in [0.1, 0.15) is 17.7 Å². The molecule has 0 amide bonds. The molecule has 1 aromatic heterocycles. The Balaban J connectivity index is 2.51. The van der Waals surface area contributed by atoms with Crippen LogP contribution in [0.5, 0.6) is 0 Å². The molecule has 0 aliphatic carbocycles. The Morgan fingerprint density at radius 1 is 1.57 bits per heavy atom. The first kappa shape index (κ1) is 10.1. The monoisotopic (exact) mass is 186 g/mol. The van der Waals surface area contributed by atoms with E-state index in [2.05, 4.69) is 26.9 Å². The van der Waals surface area contributed by atoms with Crippen LogP contribution >= 0.6 is 0 Å². The zero-order valence-corrected chi connectivity index (χ0v) is 7.94. The summed E-state index contributed by atoms with van der Waals surface area (Å²) in [7, 11) is 0. The minimum atomic E-state index is 0.419. The Kier molecular flexibility index (Phi) is 4.06. The van der Waals surface area contributed by atoms with Crippen LogP contribution in [0, 0.1) is 18.8 Å². The van der Waals surface area contributed by atoms with Crippen LogP contribution in [0.3, 0.4) is 0 Å². The van der Waals surface area contributed by atoms with Crippen molar-refractivity contribution in [3.63, 3.8) is 0 Å². The smallest absolute Gasteiger partial charge is 0.0428 e. The van der Waals surface area contributed by atoms with Crippen molar-refractivity contribution in [2.45, 2.75) is 13.3 Å². The quantitative estimate of drug-likeness (QED) is 0.230. The summed E-state index contributed by atoms with van der Waals surface area (Å²) in [5.74, 6) is 5.84. The average molecular weight is 186 g/mol. The molecule has 0 aliphatic heterocycles. The minimum Gasteiger partial charge on any atom is -0.260 e. The molecule has 0 aromatic carbocycles. The molecule has 0 aliphatic rings. The van der Waals surface area contributed by atoms with Crippen LogP contribution in [0.2, 0.25) is 0 Å². The second-order valence-corrected chi connectivity index (χ2v) is 2.69. The zero-order chi connectivity index (χ0) is 10.2. The number of nitrogens with zero attached hydrogens (tertiary/aromatic N) is 4. The van der Waals surface area contributed by atoms with E-state index in [0.29, 0.717) is 13.0 Å². The van der Waals surface area contributed by atoms with Gasteiger partial charge in [-0.05, 0) is 24.6 Å². The van der Waals surface area contributed by atoms with Crippen molar-refractivity contribution < 1.29 is 0 Å². The highest BCUT2D eigenvalue weighted by Crippen LogP contribution is 1.96. The van der Waals surface area contributed by atoms with E-state index in [1.165, 1.54) is 0 Å². The van der Waals surface area contributed by atoms with Crippen LogP contribution in [-0.4, -0.2) is 11.5 Å². The van der Waals surface area contributed by atoms with E-state index in [1.807, 2.05) is 19.1 Å². The first-order valence-corrected chi connectivity index (χ1v) is 4.25. The van der Waals surface area contributed by atoms with Crippen molar-refractivity contribution in [1.82, 2.24) is 4.98 Å². The second-order valence-electron chi connectivity index (χ2n) is 2.69. The third kappa shape index (κ3) is 3.61. The van der Waals surface area contributed by atoms with Crippen molar-refractivity contribution in [3.8, 4) is 11.8 Å². The van der Waals surface area contributed by atoms with Crippen molar-refractivity contribution in [3.05, 3.63) is 40.0 Å². The van der Waals surface area contributed by atoms with Gasteiger partial charge >= 0.3 is 0 Å². The van der Waals surface area contributed by atoms with Crippen LogP contribution < -0.4 is 0 Å². The normalized spacial score (nSPS) is 8.36. The highest BCUT2D eigenvalue weighted by atomic mass is 15.1. The molecular weight excluding hydrogens is 176 g/mol. The molecule has 1 aromatic rings. The highest BCUT2D eigenvalue weighted by Gasteiger charge is 1.86. The van der Waals surface area contributed by atoms with Gasteiger partial charge in [0.15, 0.2) is 0 Å². The van der Waals surface area contributed by atoms with Gasteiger partial charge < -0.3 is 0 Å². The maximum Gasteiger partial charge on any atom is 0.0428 e. The number of hydrogen-bond acceptors (Lipinski definition) is 2. The van der Waals surface area contributed by atoms with Gasteiger partial charge in [0, 0.05) is 35.3 Å². The standard InChI is InChI=1S/C10H10N4/c1-9-5-6-10(8-12-9)4-2-3-7-13-14-11/h5-6,8H,3,7H2,1H3. The first-order valence-electron chi connectivity index (χ1n) is 4.25. The predicted molar refractivity (Wildman–Crippen MR) is 54.5 cm³/mol. The van der Waals surface area contributed by atoms with Crippen LogP contribution in [0.25, 0.3) is 10.4 Å². The fourth-order valence-electron chi connectivity index (χ4n) is 0.857. The summed E-state index contributed by atoms with van der Waals surface area (Å²) in [5.41, 5.74) is 9.88. The molecule has 0 fully saturated rings. The topological polar surface area (TPSA) is 61.7 Å². The van der Waals surface area contributed by atoms with E-state index in [9.17, 15) is 0 Å². The molecule has 0 bridgehead atoms.